The van der Waals surface area contributed by atoms with Crippen molar-refractivity contribution in [3.05, 3.63) is 119 Å². The van der Waals surface area contributed by atoms with E-state index in [4.69, 9.17) is 4.42 Å². The minimum Gasteiger partial charge on any atom is -0.443 e. The molecule has 0 saturated carbocycles. The molecule has 1 fully saturated rings. The standard InChI is InChI=1S/C27H23F2N3O2/c28-21-8-3-18(4-9-21)14-23-12-7-20(16-30-23)27(33)32-13-1-2-25(32)26-31-17-24(34-26)15-19-5-10-22(29)11-6-19/h3-12,16-17,25H,1-2,13-15H2. The molecule has 0 spiro atoms. The highest BCUT2D eigenvalue weighted by atomic mass is 19.1. The number of carbonyl (C=O) groups is 1. The molecule has 1 saturated heterocycles. The zero-order valence-corrected chi connectivity index (χ0v) is 18.5. The molecular formula is C27H23F2N3O2. The lowest BCUT2D eigenvalue weighted by atomic mass is 10.1. The van der Waals surface area contributed by atoms with Gasteiger partial charge in [0.25, 0.3) is 5.91 Å². The third kappa shape index (κ3) is 4.88. The zero-order chi connectivity index (χ0) is 23.5. The molecule has 1 unspecified atom stereocenters. The van der Waals surface area contributed by atoms with Gasteiger partial charge in [-0.15, -0.1) is 0 Å². The fourth-order valence-electron chi connectivity index (χ4n) is 4.26. The van der Waals surface area contributed by atoms with Crippen molar-refractivity contribution in [2.75, 3.05) is 6.54 Å². The highest BCUT2D eigenvalue weighted by molar-refractivity contribution is 5.94. The first-order chi connectivity index (χ1) is 16.5. The Balaban J connectivity index is 1.26. The lowest BCUT2D eigenvalue weighted by molar-refractivity contribution is 0.0714. The molecule has 1 atom stereocenters. The Morgan fingerprint density at radius 1 is 0.882 bits per heavy atom. The maximum Gasteiger partial charge on any atom is 0.256 e. The summed E-state index contributed by atoms with van der Waals surface area (Å²) in [7, 11) is 0. The molecule has 0 bridgehead atoms. The van der Waals surface area contributed by atoms with E-state index in [9.17, 15) is 13.6 Å². The van der Waals surface area contributed by atoms with Gasteiger partial charge in [-0.2, -0.15) is 0 Å². The van der Waals surface area contributed by atoms with E-state index in [1.54, 1.807) is 47.6 Å². The van der Waals surface area contributed by atoms with Crippen LogP contribution in [0.5, 0.6) is 0 Å². The van der Waals surface area contributed by atoms with Crippen LogP contribution in [-0.4, -0.2) is 27.3 Å². The van der Waals surface area contributed by atoms with Gasteiger partial charge in [0.15, 0.2) is 0 Å². The fourth-order valence-corrected chi connectivity index (χ4v) is 4.26. The van der Waals surface area contributed by atoms with Crippen molar-refractivity contribution in [3.63, 3.8) is 0 Å². The number of carbonyl (C=O) groups excluding carboxylic acids is 1. The maximum atomic E-state index is 13.2. The molecule has 1 aliphatic rings. The van der Waals surface area contributed by atoms with Crippen molar-refractivity contribution in [1.29, 1.82) is 0 Å². The van der Waals surface area contributed by atoms with Gasteiger partial charge in [-0.05, 0) is 60.4 Å². The maximum absolute atomic E-state index is 13.2. The van der Waals surface area contributed by atoms with Gasteiger partial charge >= 0.3 is 0 Å². The van der Waals surface area contributed by atoms with Crippen LogP contribution >= 0.6 is 0 Å². The van der Waals surface area contributed by atoms with E-state index < -0.39 is 0 Å². The summed E-state index contributed by atoms with van der Waals surface area (Å²) < 4.78 is 32.2. The quantitative estimate of drug-likeness (QED) is 0.382. The second-order valence-corrected chi connectivity index (χ2v) is 8.47. The summed E-state index contributed by atoms with van der Waals surface area (Å²) >= 11 is 0. The average Bonchev–Trinajstić information content (AvgIpc) is 3.52. The monoisotopic (exact) mass is 459 g/mol. The number of aromatic nitrogens is 2. The molecular weight excluding hydrogens is 436 g/mol. The molecule has 1 aliphatic heterocycles. The summed E-state index contributed by atoms with van der Waals surface area (Å²) in [6.45, 7) is 0.622. The summed E-state index contributed by atoms with van der Waals surface area (Å²) in [5.41, 5.74) is 3.19. The second kappa shape index (κ2) is 9.55. The van der Waals surface area contributed by atoms with Crippen molar-refractivity contribution >= 4 is 5.91 Å². The number of benzene rings is 2. The summed E-state index contributed by atoms with van der Waals surface area (Å²) in [6.07, 6.45) is 5.97. The Kier molecular flexibility index (Phi) is 6.16. The van der Waals surface area contributed by atoms with Crippen LogP contribution in [0.2, 0.25) is 0 Å². The SMILES string of the molecule is O=C(c1ccc(Cc2ccc(F)cc2)nc1)N1CCCC1c1ncc(Cc2ccc(F)cc2)o1. The molecule has 1 amide bonds. The number of oxazole rings is 1. The summed E-state index contributed by atoms with van der Waals surface area (Å²) in [5.74, 6) is 0.532. The van der Waals surface area contributed by atoms with Crippen LogP contribution in [0, 0.1) is 11.6 Å². The molecule has 34 heavy (non-hydrogen) atoms. The van der Waals surface area contributed by atoms with Gasteiger partial charge in [-0.1, -0.05) is 24.3 Å². The van der Waals surface area contributed by atoms with E-state index >= 15 is 0 Å². The van der Waals surface area contributed by atoms with Gasteiger partial charge in [0, 0.05) is 31.3 Å². The number of rotatable bonds is 6. The Hall–Kier alpha value is -3.87. The van der Waals surface area contributed by atoms with Crippen molar-refractivity contribution in [1.82, 2.24) is 14.9 Å². The van der Waals surface area contributed by atoms with Gasteiger partial charge in [-0.25, -0.2) is 13.8 Å². The third-order valence-electron chi connectivity index (χ3n) is 6.03. The van der Waals surface area contributed by atoms with E-state index in [-0.39, 0.29) is 23.6 Å². The molecule has 5 nitrogen and oxygen atoms in total. The predicted molar refractivity (Wildman–Crippen MR) is 122 cm³/mol. The molecule has 172 valence electrons. The number of likely N-dealkylation sites (tertiary alicyclic amines) is 1. The molecule has 2 aromatic heterocycles. The number of halogens is 2. The van der Waals surface area contributed by atoms with Gasteiger partial charge in [-0.3, -0.25) is 9.78 Å². The van der Waals surface area contributed by atoms with Crippen LogP contribution in [0.25, 0.3) is 0 Å². The van der Waals surface area contributed by atoms with Crippen LogP contribution in [0.4, 0.5) is 8.78 Å². The van der Waals surface area contributed by atoms with Crippen LogP contribution in [0.15, 0.2) is 77.5 Å². The van der Waals surface area contributed by atoms with Gasteiger partial charge in [0.05, 0.1) is 11.8 Å². The first kappa shape index (κ1) is 21.9. The van der Waals surface area contributed by atoms with Crippen molar-refractivity contribution in [2.24, 2.45) is 0 Å². The summed E-state index contributed by atoms with van der Waals surface area (Å²) in [5, 5.41) is 0. The predicted octanol–water partition coefficient (Wildman–Crippen LogP) is 5.51. The molecule has 0 N–H and O–H groups in total. The molecule has 3 heterocycles. The average molecular weight is 459 g/mol. The number of hydrogen-bond acceptors (Lipinski definition) is 4. The lowest BCUT2D eigenvalue weighted by Crippen LogP contribution is -2.30. The highest BCUT2D eigenvalue weighted by Crippen LogP contribution is 2.33. The summed E-state index contributed by atoms with van der Waals surface area (Å²) in [6, 6.07) is 16.0. The Morgan fingerprint density at radius 2 is 1.56 bits per heavy atom. The van der Waals surface area contributed by atoms with Crippen LogP contribution in [0.1, 0.15) is 57.7 Å². The third-order valence-corrected chi connectivity index (χ3v) is 6.03. The molecule has 7 heteroatoms. The number of nitrogens with zero attached hydrogens (tertiary/aromatic N) is 3. The van der Waals surface area contributed by atoms with Crippen LogP contribution in [-0.2, 0) is 12.8 Å². The highest BCUT2D eigenvalue weighted by Gasteiger charge is 2.34. The second-order valence-electron chi connectivity index (χ2n) is 8.47. The minimum absolute atomic E-state index is 0.110. The lowest BCUT2D eigenvalue weighted by Gasteiger charge is -2.22. The van der Waals surface area contributed by atoms with E-state index in [1.165, 1.54) is 24.3 Å². The fraction of sp³-hybridized carbons (Fsp3) is 0.222. The zero-order valence-electron chi connectivity index (χ0n) is 18.5. The van der Waals surface area contributed by atoms with Crippen LogP contribution in [0.3, 0.4) is 0 Å². The molecule has 5 rings (SSSR count). The number of hydrogen-bond donors (Lipinski definition) is 0. The smallest absolute Gasteiger partial charge is 0.256 e. The Bertz CT molecular complexity index is 1270. The van der Waals surface area contributed by atoms with E-state index in [2.05, 4.69) is 9.97 Å². The van der Waals surface area contributed by atoms with E-state index in [1.807, 2.05) is 6.07 Å². The first-order valence-electron chi connectivity index (χ1n) is 11.2. The Labute approximate surface area is 196 Å². The first-order valence-corrected chi connectivity index (χ1v) is 11.2. The minimum atomic E-state index is -0.278. The van der Waals surface area contributed by atoms with Crippen molar-refractivity contribution < 1.29 is 18.0 Å². The van der Waals surface area contributed by atoms with Crippen molar-refractivity contribution in [3.8, 4) is 0 Å². The van der Waals surface area contributed by atoms with Crippen molar-refractivity contribution in [2.45, 2.75) is 31.7 Å². The van der Waals surface area contributed by atoms with E-state index in [0.29, 0.717) is 36.6 Å². The molecule has 2 aromatic carbocycles. The van der Waals surface area contributed by atoms with Gasteiger partial charge < -0.3 is 9.32 Å². The van der Waals surface area contributed by atoms with Gasteiger partial charge in [0.2, 0.25) is 5.89 Å². The number of pyridine rings is 1. The molecule has 4 aromatic rings. The largest absolute Gasteiger partial charge is 0.443 e. The van der Waals surface area contributed by atoms with Gasteiger partial charge in [0.1, 0.15) is 23.4 Å². The normalized spacial score (nSPS) is 15.6. The number of amides is 1. The Morgan fingerprint density at radius 3 is 2.21 bits per heavy atom. The topological polar surface area (TPSA) is 59.2 Å². The summed E-state index contributed by atoms with van der Waals surface area (Å²) in [4.78, 5) is 23.9. The molecule has 0 radical (unpaired) electrons. The van der Waals surface area contributed by atoms with Crippen LogP contribution < -0.4 is 0 Å². The molecule has 0 aliphatic carbocycles. The van der Waals surface area contributed by atoms with E-state index in [0.717, 1.165) is 29.7 Å².